The molecule has 0 heterocycles. The molecule has 2 unspecified atom stereocenters. The van der Waals surface area contributed by atoms with E-state index in [0.717, 1.165) is 19.2 Å². The van der Waals surface area contributed by atoms with Crippen LogP contribution in [0.3, 0.4) is 0 Å². The lowest BCUT2D eigenvalue weighted by Gasteiger charge is -2.19. The number of rotatable bonds is 6. The maximum atomic E-state index is 11.6. The van der Waals surface area contributed by atoms with Gasteiger partial charge in [-0.3, -0.25) is 10.1 Å². The molecular weight excluding hydrogens is 334 g/mol. The van der Waals surface area contributed by atoms with Crippen LogP contribution in [0, 0.1) is 10.1 Å². The molecule has 2 atom stereocenters. The van der Waals surface area contributed by atoms with Crippen LogP contribution in [0.2, 0.25) is 0 Å². The van der Waals surface area contributed by atoms with E-state index in [1.54, 1.807) is 0 Å². The van der Waals surface area contributed by atoms with E-state index in [2.05, 4.69) is 20.7 Å². The molecule has 0 saturated heterocycles. The van der Waals surface area contributed by atoms with Crippen molar-refractivity contribution in [3.63, 3.8) is 0 Å². The molecule has 1 aromatic rings. The van der Waals surface area contributed by atoms with Crippen LogP contribution in [-0.4, -0.2) is 39.6 Å². The number of halogens is 1. The lowest BCUT2D eigenvalue weighted by Crippen LogP contribution is -2.21. The van der Waals surface area contributed by atoms with E-state index in [-0.39, 0.29) is 23.2 Å². The number of carbonyl (C=O) groups is 1. The summed E-state index contributed by atoms with van der Waals surface area (Å²) in [6, 6.07) is 3.42. The van der Waals surface area contributed by atoms with Gasteiger partial charge in [0.1, 0.15) is 6.10 Å². The van der Waals surface area contributed by atoms with Crippen molar-refractivity contribution in [1.82, 2.24) is 0 Å². The highest BCUT2D eigenvalue weighted by atomic mass is 79.9. The van der Waals surface area contributed by atoms with Gasteiger partial charge in [-0.1, -0.05) is 15.9 Å². The second kappa shape index (κ2) is 7.32. The maximum Gasteiger partial charge on any atom is 0.338 e. The van der Waals surface area contributed by atoms with Gasteiger partial charge in [-0.25, -0.2) is 4.79 Å². The minimum absolute atomic E-state index is 0.0934. The third-order valence-corrected chi connectivity index (χ3v) is 3.20. The van der Waals surface area contributed by atoms with Gasteiger partial charge < -0.3 is 14.9 Å². The first kappa shape index (κ1) is 16.5. The molecule has 0 amide bonds. The van der Waals surface area contributed by atoms with Crippen molar-refractivity contribution in [3.8, 4) is 0 Å². The van der Waals surface area contributed by atoms with E-state index >= 15 is 0 Å². The van der Waals surface area contributed by atoms with Crippen LogP contribution < -0.4 is 0 Å². The van der Waals surface area contributed by atoms with Crippen LogP contribution in [0.15, 0.2) is 18.2 Å². The minimum atomic E-state index is -1.33. The maximum absolute atomic E-state index is 11.6. The molecule has 0 radical (unpaired) electrons. The number of aliphatic hydroxyl groups excluding tert-OH is 2. The SMILES string of the molecule is COC(=O)c1cc([N+](=O)[O-])ccc1C(O)C(O)CCBr. The van der Waals surface area contributed by atoms with E-state index in [4.69, 9.17) is 0 Å². The van der Waals surface area contributed by atoms with E-state index in [1.807, 2.05) is 0 Å². The summed E-state index contributed by atoms with van der Waals surface area (Å²) in [5.74, 6) is -0.811. The summed E-state index contributed by atoms with van der Waals surface area (Å²) in [5, 5.41) is 31.0. The Kier molecular flexibility index (Phi) is 6.05. The molecule has 1 aromatic carbocycles. The third-order valence-electron chi connectivity index (χ3n) is 2.74. The average molecular weight is 348 g/mol. The summed E-state index contributed by atoms with van der Waals surface area (Å²) in [7, 11) is 1.13. The molecule has 0 aliphatic rings. The number of hydrogen-bond donors (Lipinski definition) is 2. The highest BCUT2D eigenvalue weighted by molar-refractivity contribution is 9.09. The van der Waals surface area contributed by atoms with Crippen molar-refractivity contribution in [3.05, 3.63) is 39.4 Å². The molecule has 20 heavy (non-hydrogen) atoms. The highest BCUT2D eigenvalue weighted by Gasteiger charge is 2.25. The number of non-ortho nitro benzene ring substituents is 1. The van der Waals surface area contributed by atoms with E-state index in [0.29, 0.717) is 5.33 Å². The Labute approximate surface area is 123 Å². The largest absolute Gasteiger partial charge is 0.465 e. The van der Waals surface area contributed by atoms with Crippen LogP contribution in [0.4, 0.5) is 5.69 Å². The number of ether oxygens (including phenoxy) is 1. The Balaban J connectivity index is 3.24. The lowest BCUT2D eigenvalue weighted by atomic mass is 9.97. The number of hydrogen-bond acceptors (Lipinski definition) is 6. The van der Waals surface area contributed by atoms with Crippen LogP contribution in [-0.2, 0) is 4.74 Å². The zero-order valence-electron chi connectivity index (χ0n) is 10.7. The lowest BCUT2D eigenvalue weighted by molar-refractivity contribution is -0.384. The minimum Gasteiger partial charge on any atom is -0.465 e. The molecule has 7 nitrogen and oxygen atoms in total. The Hall–Kier alpha value is -1.51. The van der Waals surface area contributed by atoms with Gasteiger partial charge in [0, 0.05) is 17.5 Å². The first-order valence-electron chi connectivity index (χ1n) is 5.71. The molecule has 0 fully saturated rings. The van der Waals surface area contributed by atoms with Crippen molar-refractivity contribution in [1.29, 1.82) is 0 Å². The first-order valence-corrected chi connectivity index (χ1v) is 6.83. The molecule has 2 N–H and O–H groups in total. The van der Waals surface area contributed by atoms with Crippen molar-refractivity contribution >= 4 is 27.6 Å². The number of benzene rings is 1. The second-order valence-electron chi connectivity index (χ2n) is 4.01. The first-order chi connectivity index (χ1) is 9.42. The molecule has 1 rings (SSSR count). The molecular formula is C12H14BrNO6. The van der Waals surface area contributed by atoms with Crippen molar-refractivity contribution in [2.24, 2.45) is 0 Å². The van der Waals surface area contributed by atoms with Gasteiger partial charge in [-0.2, -0.15) is 0 Å². The molecule has 0 spiro atoms. The molecule has 0 aliphatic carbocycles. The smallest absolute Gasteiger partial charge is 0.338 e. The van der Waals surface area contributed by atoms with Crippen LogP contribution >= 0.6 is 15.9 Å². The number of aliphatic hydroxyl groups is 2. The van der Waals surface area contributed by atoms with Gasteiger partial charge in [0.2, 0.25) is 0 Å². The molecule has 0 bridgehead atoms. The predicted octanol–water partition coefficient (Wildman–Crippen LogP) is 1.56. The standard InChI is InChI=1S/C12H14BrNO6/c1-20-12(17)9-6-7(14(18)19)2-3-8(9)11(16)10(15)4-5-13/h2-3,6,10-11,15-16H,4-5H2,1H3. The van der Waals surface area contributed by atoms with Crippen LogP contribution in [0.5, 0.6) is 0 Å². The molecule has 8 heteroatoms. The van der Waals surface area contributed by atoms with Crippen LogP contribution in [0.25, 0.3) is 0 Å². The zero-order chi connectivity index (χ0) is 15.3. The summed E-state index contributed by atoms with van der Waals surface area (Å²) in [4.78, 5) is 21.7. The molecule has 0 aromatic heterocycles. The number of nitrogens with zero attached hydrogens (tertiary/aromatic N) is 1. The number of nitro groups is 1. The average Bonchev–Trinajstić information content (AvgIpc) is 2.45. The number of methoxy groups -OCH3 is 1. The Morgan fingerprint density at radius 3 is 2.65 bits per heavy atom. The molecule has 0 aliphatic heterocycles. The Morgan fingerprint density at radius 2 is 2.15 bits per heavy atom. The van der Waals surface area contributed by atoms with Gasteiger partial charge >= 0.3 is 5.97 Å². The van der Waals surface area contributed by atoms with Gasteiger partial charge in [0.05, 0.1) is 23.7 Å². The summed E-state index contributed by atoms with van der Waals surface area (Å²) in [6.45, 7) is 0. The summed E-state index contributed by atoms with van der Waals surface area (Å²) < 4.78 is 4.54. The van der Waals surface area contributed by atoms with Gasteiger partial charge in [-0.05, 0) is 18.1 Å². The fraction of sp³-hybridized carbons (Fsp3) is 0.417. The Morgan fingerprint density at radius 1 is 1.50 bits per heavy atom. The molecule has 0 saturated carbocycles. The number of carbonyl (C=O) groups excluding carboxylic acids is 1. The number of esters is 1. The van der Waals surface area contributed by atoms with Crippen molar-refractivity contribution in [2.45, 2.75) is 18.6 Å². The normalized spacial score (nSPS) is 13.6. The fourth-order valence-electron chi connectivity index (χ4n) is 1.68. The second-order valence-corrected chi connectivity index (χ2v) is 4.80. The summed E-state index contributed by atoms with van der Waals surface area (Å²) >= 11 is 3.13. The van der Waals surface area contributed by atoms with E-state index in [9.17, 15) is 25.1 Å². The summed E-state index contributed by atoms with van der Waals surface area (Å²) in [6.07, 6.45) is -2.17. The van der Waals surface area contributed by atoms with Gasteiger partial charge in [0.25, 0.3) is 5.69 Å². The van der Waals surface area contributed by atoms with Gasteiger partial charge in [0.15, 0.2) is 0 Å². The Bertz CT molecular complexity index is 507. The topological polar surface area (TPSA) is 110 Å². The van der Waals surface area contributed by atoms with Crippen molar-refractivity contribution < 1.29 is 24.7 Å². The number of alkyl halides is 1. The van der Waals surface area contributed by atoms with Crippen LogP contribution in [0.1, 0.15) is 28.4 Å². The zero-order valence-corrected chi connectivity index (χ0v) is 12.2. The monoisotopic (exact) mass is 347 g/mol. The van der Waals surface area contributed by atoms with Gasteiger partial charge in [-0.15, -0.1) is 0 Å². The molecule has 110 valence electrons. The quantitative estimate of drug-likeness (QED) is 0.349. The summed E-state index contributed by atoms with van der Waals surface area (Å²) in [5.41, 5.74) is -0.338. The number of nitro benzene ring substituents is 1. The third kappa shape index (κ3) is 3.75. The fourth-order valence-corrected chi connectivity index (χ4v) is 2.15. The van der Waals surface area contributed by atoms with E-state index in [1.165, 1.54) is 6.07 Å². The van der Waals surface area contributed by atoms with E-state index < -0.39 is 23.1 Å². The predicted molar refractivity (Wildman–Crippen MR) is 73.8 cm³/mol. The highest BCUT2D eigenvalue weighted by Crippen LogP contribution is 2.27. The van der Waals surface area contributed by atoms with Crippen molar-refractivity contribution in [2.75, 3.05) is 12.4 Å².